The Labute approximate surface area is 124 Å². The molecule has 0 radical (unpaired) electrons. The SMILES string of the molecule is O=C(NCCCOCC1CC1)c1ncccc1C#CCO. The number of nitrogens with zero attached hydrogens (tertiary/aromatic N) is 1. The van der Waals surface area contributed by atoms with Gasteiger partial charge in [0.1, 0.15) is 12.3 Å². The number of pyridine rings is 1. The summed E-state index contributed by atoms with van der Waals surface area (Å²) >= 11 is 0. The Bertz CT molecular complexity index is 530. The highest BCUT2D eigenvalue weighted by Crippen LogP contribution is 2.28. The lowest BCUT2D eigenvalue weighted by Crippen LogP contribution is -2.27. The van der Waals surface area contributed by atoms with Crippen LogP contribution in [-0.2, 0) is 4.74 Å². The number of amides is 1. The van der Waals surface area contributed by atoms with Gasteiger partial charge < -0.3 is 15.2 Å². The number of aliphatic hydroxyl groups is 1. The number of nitrogens with one attached hydrogen (secondary N) is 1. The lowest BCUT2D eigenvalue weighted by atomic mass is 10.2. The third-order valence-corrected chi connectivity index (χ3v) is 3.13. The molecule has 0 saturated heterocycles. The van der Waals surface area contributed by atoms with Crippen molar-refractivity contribution < 1.29 is 14.6 Å². The number of ether oxygens (including phenoxy) is 1. The minimum absolute atomic E-state index is 0.242. The van der Waals surface area contributed by atoms with E-state index >= 15 is 0 Å². The molecule has 0 bridgehead atoms. The highest BCUT2D eigenvalue weighted by molar-refractivity contribution is 5.94. The summed E-state index contributed by atoms with van der Waals surface area (Å²) in [5, 5.41) is 11.5. The van der Waals surface area contributed by atoms with E-state index in [1.807, 2.05) is 0 Å². The molecule has 5 heteroatoms. The molecule has 1 heterocycles. The van der Waals surface area contributed by atoms with Gasteiger partial charge in [0.05, 0.1) is 5.56 Å². The van der Waals surface area contributed by atoms with E-state index < -0.39 is 0 Å². The van der Waals surface area contributed by atoms with E-state index in [1.54, 1.807) is 18.3 Å². The Kier molecular flexibility index (Phi) is 6.20. The Morgan fingerprint density at radius 3 is 3.14 bits per heavy atom. The van der Waals surface area contributed by atoms with Crippen molar-refractivity contribution in [1.29, 1.82) is 0 Å². The van der Waals surface area contributed by atoms with Crippen molar-refractivity contribution in [3.8, 4) is 11.8 Å². The van der Waals surface area contributed by atoms with Crippen molar-refractivity contribution in [2.24, 2.45) is 5.92 Å². The minimum atomic E-state index is -0.250. The molecule has 1 aliphatic rings. The summed E-state index contributed by atoms with van der Waals surface area (Å²) in [6, 6.07) is 3.42. The fourth-order valence-electron chi connectivity index (χ4n) is 1.82. The Morgan fingerprint density at radius 1 is 1.52 bits per heavy atom. The molecule has 0 atom stereocenters. The van der Waals surface area contributed by atoms with Crippen LogP contribution in [0.15, 0.2) is 18.3 Å². The number of aliphatic hydroxyl groups excluding tert-OH is 1. The van der Waals surface area contributed by atoms with Gasteiger partial charge in [-0.2, -0.15) is 0 Å². The first kappa shape index (κ1) is 15.5. The zero-order valence-corrected chi connectivity index (χ0v) is 12.0. The smallest absolute Gasteiger partial charge is 0.271 e. The van der Waals surface area contributed by atoms with Crippen molar-refractivity contribution in [2.75, 3.05) is 26.4 Å². The third-order valence-electron chi connectivity index (χ3n) is 3.13. The molecule has 21 heavy (non-hydrogen) atoms. The van der Waals surface area contributed by atoms with Crippen LogP contribution in [-0.4, -0.2) is 42.4 Å². The first-order valence-electron chi connectivity index (χ1n) is 7.22. The number of hydrogen-bond donors (Lipinski definition) is 2. The molecule has 112 valence electrons. The lowest BCUT2D eigenvalue weighted by molar-refractivity contribution is 0.0932. The van der Waals surface area contributed by atoms with Gasteiger partial charge in [0.25, 0.3) is 5.91 Å². The summed E-state index contributed by atoms with van der Waals surface area (Å²) in [7, 11) is 0. The van der Waals surface area contributed by atoms with E-state index in [1.165, 1.54) is 12.8 Å². The van der Waals surface area contributed by atoms with Gasteiger partial charge in [-0.15, -0.1) is 0 Å². The van der Waals surface area contributed by atoms with Crippen LogP contribution in [0.2, 0.25) is 0 Å². The number of carbonyl (C=O) groups excluding carboxylic acids is 1. The molecule has 1 aliphatic carbocycles. The van der Waals surface area contributed by atoms with Crippen LogP contribution in [0.3, 0.4) is 0 Å². The quantitative estimate of drug-likeness (QED) is 0.579. The molecule has 1 aromatic rings. The fraction of sp³-hybridized carbons (Fsp3) is 0.500. The molecule has 0 aliphatic heterocycles. The Balaban J connectivity index is 1.74. The van der Waals surface area contributed by atoms with Crippen LogP contribution in [0, 0.1) is 17.8 Å². The second-order valence-corrected chi connectivity index (χ2v) is 4.99. The highest BCUT2D eigenvalue weighted by atomic mass is 16.5. The van der Waals surface area contributed by atoms with Gasteiger partial charge in [0, 0.05) is 26.0 Å². The molecule has 0 aromatic carbocycles. The summed E-state index contributed by atoms with van der Waals surface area (Å²) < 4.78 is 5.50. The van der Waals surface area contributed by atoms with E-state index in [2.05, 4.69) is 22.1 Å². The number of carbonyl (C=O) groups is 1. The first-order chi connectivity index (χ1) is 10.3. The maximum atomic E-state index is 12.0. The van der Waals surface area contributed by atoms with Gasteiger partial charge in [-0.25, -0.2) is 4.98 Å². The second-order valence-electron chi connectivity index (χ2n) is 4.99. The van der Waals surface area contributed by atoms with Crippen LogP contribution in [0.4, 0.5) is 0 Å². The van der Waals surface area contributed by atoms with E-state index in [0.29, 0.717) is 18.7 Å². The Hall–Kier alpha value is -1.90. The molecule has 2 N–H and O–H groups in total. The highest BCUT2D eigenvalue weighted by Gasteiger charge is 2.20. The van der Waals surface area contributed by atoms with E-state index in [9.17, 15) is 4.79 Å². The van der Waals surface area contributed by atoms with Crippen LogP contribution >= 0.6 is 0 Å². The molecule has 5 nitrogen and oxygen atoms in total. The average molecular weight is 288 g/mol. The van der Waals surface area contributed by atoms with Crippen LogP contribution in [0.25, 0.3) is 0 Å². The minimum Gasteiger partial charge on any atom is -0.384 e. The second kappa shape index (κ2) is 8.40. The zero-order valence-electron chi connectivity index (χ0n) is 12.0. The number of rotatable bonds is 7. The van der Waals surface area contributed by atoms with E-state index in [0.717, 1.165) is 18.9 Å². The predicted molar refractivity (Wildman–Crippen MR) is 78.7 cm³/mol. The summed E-state index contributed by atoms with van der Waals surface area (Å²) in [6.45, 7) is 1.81. The average Bonchev–Trinajstić information content (AvgIpc) is 3.33. The summed E-state index contributed by atoms with van der Waals surface area (Å²) in [6.07, 6.45) is 4.91. The molecule has 2 rings (SSSR count). The van der Waals surface area contributed by atoms with Gasteiger partial charge in [0.2, 0.25) is 0 Å². The largest absolute Gasteiger partial charge is 0.384 e. The molecule has 1 fully saturated rings. The molecule has 1 amide bonds. The normalized spacial score (nSPS) is 13.4. The molecule has 1 aromatic heterocycles. The molecular formula is C16H20N2O3. The van der Waals surface area contributed by atoms with Crippen LogP contribution in [0.5, 0.6) is 0 Å². The van der Waals surface area contributed by atoms with Gasteiger partial charge in [-0.3, -0.25) is 4.79 Å². The maximum Gasteiger partial charge on any atom is 0.271 e. The Morgan fingerprint density at radius 2 is 2.38 bits per heavy atom. The monoisotopic (exact) mass is 288 g/mol. The van der Waals surface area contributed by atoms with E-state index in [-0.39, 0.29) is 18.2 Å². The summed E-state index contributed by atoms with van der Waals surface area (Å²) in [5.74, 6) is 5.77. The van der Waals surface area contributed by atoms with Gasteiger partial charge in [0.15, 0.2) is 0 Å². The lowest BCUT2D eigenvalue weighted by Gasteiger charge is -2.06. The van der Waals surface area contributed by atoms with Crippen LogP contribution in [0.1, 0.15) is 35.3 Å². The predicted octanol–water partition coefficient (Wildman–Crippen LogP) is 0.972. The van der Waals surface area contributed by atoms with Crippen molar-refractivity contribution in [3.05, 3.63) is 29.6 Å². The zero-order chi connectivity index (χ0) is 14.9. The molecule has 1 saturated carbocycles. The molecule has 0 spiro atoms. The summed E-state index contributed by atoms with van der Waals surface area (Å²) in [4.78, 5) is 16.1. The third kappa shape index (κ3) is 5.54. The number of hydrogen-bond acceptors (Lipinski definition) is 4. The first-order valence-corrected chi connectivity index (χ1v) is 7.22. The molecular weight excluding hydrogens is 268 g/mol. The van der Waals surface area contributed by atoms with Crippen molar-refractivity contribution >= 4 is 5.91 Å². The van der Waals surface area contributed by atoms with Crippen molar-refractivity contribution in [1.82, 2.24) is 10.3 Å². The van der Waals surface area contributed by atoms with E-state index in [4.69, 9.17) is 9.84 Å². The standard InChI is InChI=1S/C16H20N2O3/c19-10-2-5-14-4-1-8-17-15(14)16(20)18-9-3-11-21-12-13-6-7-13/h1,4,8,13,19H,3,6-7,9-12H2,(H,18,20). The molecule has 0 unspecified atom stereocenters. The van der Waals surface area contributed by atoms with Gasteiger partial charge in [-0.05, 0) is 37.3 Å². The topological polar surface area (TPSA) is 71.5 Å². The van der Waals surface area contributed by atoms with Crippen LogP contribution < -0.4 is 5.32 Å². The van der Waals surface area contributed by atoms with Crippen molar-refractivity contribution in [3.63, 3.8) is 0 Å². The summed E-state index contributed by atoms with van der Waals surface area (Å²) in [5.41, 5.74) is 0.811. The number of aromatic nitrogens is 1. The fourth-order valence-corrected chi connectivity index (χ4v) is 1.82. The van der Waals surface area contributed by atoms with Gasteiger partial charge in [-0.1, -0.05) is 11.8 Å². The maximum absolute atomic E-state index is 12.0. The van der Waals surface area contributed by atoms with Gasteiger partial charge >= 0.3 is 0 Å². The van der Waals surface area contributed by atoms with Crippen molar-refractivity contribution in [2.45, 2.75) is 19.3 Å².